The van der Waals surface area contributed by atoms with Gasteiger partial charge in [-0.3, -0.25) is 9.69 Å². The average molecular weight is 507 g/mol. The highest BCUT2D eigenvalue weighted by Crippen LogP contribution is 2.32. The van der Waals surface area contributed by atoms with Gasteiger partial charge in [0.15, 0.2) is 0 Å². The lowest BCUT2D eigenvalue weighted by molar-refractivity contribution is -0.122. The highest BCUT2D eigenvalue weighted by molar-refractivity contribution is 5.91. The summed E-state index contributed by atoms with van der Waals surface area (Å²) in [6.45, 7) is 14.6. The van der Waals surface area contributed by atoms with Crippen molar-refractivity contribution >= 4 is 17.6 Å². The van der Waals surface area contributed by atoms with Crippen molar-refractivity contribution in [3.63, 3.8) is 0 Å². The molecule has 3 amide bonds. The number of hydrogen-bond donors (Lipinski definition) is 2. The number of para-hydroxylation sites is 1. The zero-order valence-corrected chi connectivity index (χ0v) is 23.4. The summed E-state index contributed by atoms with van der Waals surface area (Å²) in [4.78, 5) is 30.3. The number of piperidine rings is 1. The van der Waals surface area contributed by atoms with Gasteiger partial charge in [-0.15, -0.1) is 0 Å². The van der Waals surface area contributed by atoms with Crippen LogP contribution in [0.15, 0.2) is 48.5 Å². The molecule has 3 rings (SSSR count). The van der Waals surface area contributed by atoms with Crippen LogP contribution in [0.25, 0.3) is 0 Å². The summed E-state index contributed by atoms with van der Waals surface area (Å²) in [5.41, 5.74) is 4.54. The lowest BCUT2D eigenvalue weighted by Gasteiger charge is -2.32. The van der Waals surface area contributed by atoms with Gasteiger partial charge >= 0.3 is 6.03 Å². The molecule has 37 heavy (non-hydrogen) atoms. The van der Waals surface area contributed by atoms with E-state index >= 15 is 0 Å². The van der Waals surface area contributed by atoms with E-state index in [1.807, 2.05) is 6.07 Å². The molecule has 1 aliphatic heterocycles. The SMILES string of the molecule is CCCN(CCC(=O)NC1CCN(Cc2ccccc2)CC1)C(=O)Nc1c(C(C)C)cccc1C(C)C. The Labute approximate surface area is 223 Å². The van der Waals surface area contributed by atoms with E-state index in [2.05, 4.69) is 92.6 Å². The Bertz CT molecular complexity index is 971. The Hall–Kier alpha value is -2.86. The van der Waals surface area contributed by atoms with Gasteiger partial charge in [-0.25, -0.2) is 4.79 Å². The Morgan fingerprint density at radius 3 is 2.11 bits per heavy atom. The van der Waals surface area contributed by atoms with Crippen LogP contribution in [0.3, 0.4) is 0 Å². The largest absolute Gasteiger partial charge is 0.353 e. The van der Waals surface area contributed by atoms with E-state index in [1.165, 1.54) is 5.56 Å². The Morgan fingerprint density at radius 2 is 1.54 bits per heavy atom. The van der Waals surface area contributed by atoms with Crippen molar-refractivity contribution in [3.05, 3.63) is 65.2 Å². The first-order valence-corrected chi connectivity index (χ1v) is 14.0. The van der Waals surface area contributed by atoms with E-state index in [9.17, 15) is 9.59 Å². The van der Waals surface area contributed by atoms with Crippen molar-refractivity contribution in [3.8, 4) is 0 Å². The molecular formula is C31H46N4O2. The second kappa shape index (κ2) is 14.2. The van der Waals surface area contributed by atoms with Crippen LogP contribution in [-0.4, -0.2) is 54.0 Å². The molecule has 0 saturated carbocycles. The topological polar surface area (TPSA) is 64.7 Å². The molecule has 0 unspecified atom stereocenters. The number of rotatable bonds is 11. The molecule has 2 aromatic carbocycles. The van der Waals surface area contributed by atoms with Gasteiger partial charge in [-0.1, -0.05) is 83.1 Å². The minimum absolute atomic E-state index is 0.0286. The van der Waals surface area contributed by atoms with Crippen molar-refractivity contribution in [2.24, 2.45) is 0 Å². The van der Waals surface area contributed by atoms with Crippen LogP contribution in [0.2, 0.25) is 0 Å². The van der Waals surface area contributed by atoms with Gasteiger partial charge in [0.2, 0.25) is 5.91 Å². The van der Waals surface area contributed by atoms with Crippen molar-refractivity contribution in [2.75, 3.05) is 31.5 Å². The van der Waals surface area contributed by atoms with Crippen LogP contribution in [0, 0.1) is 0 Å². The summed E-state index contributed by atoms with van der Waals surface area (Å²) >= 11 is 0. The summed E-state index contributed by atoms with van der Waals surface area (Å²) in [5.74, 6) is 0.637. The molecule has 0 radical (unpaired) electrons. The van der Waals surface area contributed by atoms with Crippen molar-refractivity contribution < 1.29 is 9.59 Å². The third kappa shape index (κ3) is 8.60. The Kier molecular flexibility index (Phi) is 11.0. The number of amides is 3. The minimum Gasteiger partial charge on any atom is -0.353 e. The molecule has 1 saturated heterocycles. The fourth-order valence-corrected chi connectivity index (χ4v) is 5.08. The molecule has 0 spiro atoms. The molecule has 2 aromatic rings. The first-order valence-electron chi connectivity index (χ1n) is 14.0. The number of carbonyl (C=O) groups excluding carboxylic acids is 2. The quantitative estimate of drug-likeness (QED) is 0.373. The molecule has 6 nitrogen and oxygen atoms in total. The number of nitrogens with one attached hydrogen (secondary N) is 2. The lowest BCUT2D eigenvalue weighted by Crippen LogP contribution is -2.45. The van der Waals surface area contributed by atoms with E-state index < -0.39 is 0 Å². The van der Waals surface area contributed by atoms with Crippen molar-refractivity contribution in [1.82, 2.24) is 15.1 Å². The number of carbonyl (C=O) groups is 2. The van der Waals surface area contributed by atoms with E-state index in [0.29, 0.717) is 31.3 Å². The van der Waals surface area contributed by atoms with Crippen molar-refractivity contribution in [2.45, 2.75) is 84.7 Å². The van der Waals surface area contributed by atoms with E-state index in [-0.39, 0.29) is 18.0 Å². The predicted molar refractivity (Wildman–Crippen MR) is 153 cm³/mol. The summed E-state index contributed by atoms with van der Waals surface area (Å²) < 4.78 is 0. The highest BCUT2D eigenvalue weighted by atomic mass is 16.2. The molecular weight excluding hydrogens is 460 g/mol. The van der Waals surface area contributed by atoms with Gasteiger partial charge in [0.1, 0.15) is 0 Å². The molecule has 202 valence electrons. The van der Waals surface area contributed by atoms with Gasteiger partial charge < -0.3 is 15.5 Å². The minimum atomic E-state index is -0.126. The van der Waals surface area contributed by atoms with Gasteiger partial charge in [-0.05, 0) is 47.8 Å². The maximum Gasteiger partial charge on any atom is 0.321 e. The van der Waals surface area contributed by atoms with Crippen LogP contribution >= 0.6 is 0 Å². The van der Waals surface area contributed by atoms with Crippen LogP contribution < -0.4 is 10.6 Å². The van der Waals surface area contributed by atoms with Crippen LogP contribution in [-0.2, 0) is 11.3 Å². The third-order valence-corrected chi connectivity index (χ3v) is 7.20. The van der Waals surface area contributed by atoms with Gasteiger partial charge in [0, 0.05) is 50.9 Å². The van der Waals surface area contributed by atoms with Gasteiger partial charge in [-0.2, -0.15) is 0 Å². The zero-order valence-electron chi connectivity index (χ0n) is 23.4. The molecule has 2 N–H and O–H groups in total. The maximum atomic E-state index is 13.3. The normalized spacial score (nSPS) is 14.7. The summed E-state index contributed by atoms with van der Waals surface area (Å²) in [5, 5.41) is 6.42. The molecule has 0 bridgehead atoms. The van der Waals surface area contributed by atoms with Crippen molar-refractivity contribution in [1.29, 1.82) is 0 Å². The molecule has 1 fully saturated rings. The Morgan fingerprint density at radius 1 is 0.919 bits per heavy atom. The molecule has 6 heteroatoms. The fraction of sp³-hybridized carbons (Fsp3) is 0.548. The molecule has 0 aromatic heterocycles. The second-order valence-corrected chi connectivity index (χ2v) is 10.9. The van der Waals surface area contributed by atoms with E-state index in [4.69, 9.17) is 0 Å². The van der Waals surface area contributed by atoms with Crippen LogP contribution in [0.5, 0.6) is 0 Å². The first-order chi connectivity index (χ1) is 17.8. The predicted octanol–water partition coefficient (Wildman–Crippen LogP) is 6.35. The summed E-state index contributed by atoms with van der Waals surface area (Å²) in [6.07, 6.45) is 3.09. The maximum absolute atomic E-state index is 13.3. The fourth-order valence-electron chi connectivity index (χ4n) is 5.08. The standard InChI is InChI=1S/C31H46N4O2/c1-6-18-35(31(37)33-30-27(23(2)3)13-10-14-28(30)24(4)5)21-17-29(36)32-26-15-19-34(20-16-26)22-25-11-8-7-9-12-25/h7-14,23-24,26H,6,15-22H2,1-5H3,(H,32,36)(H,33,37). The molecule has 0 atom stereocenters. The monoisotopic (exact) mass is 506 g/mol. The smallest absolute Gasteiger partial charge is 0.321 e. The zero-order chi connectivity index (χ0) is 26.8. The average Bonchev–Trinajstić information content (AvgIpc) is 2.88. The number of anilines is 1. The van der Waals surface area contributed by atoms with Gasteiger partial charge in [0.05, 0.1) is 0 Å². The second-order valence-electron chi connectivity index (χ2n) is 10.9. The van der Waals surface area contributed by atoms with E-state index in [0.717, 1.165) is 55.7 Å². The number of benzene rings is 2. The number of nitrogens with zero attached hydrogens (tertiary/aromatic N) is 2. The van der Waals surface area contributed by atoms with E-state index in [1.54, 1.807) is 4.90 Å². The van der Waals surface area contributed by atoms with Crippen LogP contribution in [0.4, 0.5) is 10.5 Å². The molecule has 0 aliphatic carbocycles. The summed E-state index contributed by atoms with van der Waals surface area (Å²) in [7, 11) is 0. The molecule has 1 aliphatic rings. The molecule has 1 heterocycles. The number of urea groups is 1. The van der Waals surface area contributed by atoms with Gasteiger partial charge in [0.25, 0.3) is 0 Å². The third-order valence-electron chi connectivity index (χ3n) is 7.20. The Balaban J connectivity index is 1.51. The number of hydrogen-bond acceptors (Lipinski definition) is 3. The highest BCUT2D eigenvalue weighted by Gasteiger charge is 2.23. The van der Waals surface area contributed by atoms with Crippen LogP contribution in [0.1, 0.15) is 88.8 Å². The first kappa shape index (κ1) is 28.7. The summed E-state index contributed by atoms with van der Waals surface area (Å²) in [6, 6.07) is 16.9. The lowest BCUT2D eigenvalue weighted by atomic mass is 9.93. The number of likely N-dealkylation sites (tertiary alicyclic amines) is 1.